The summed E-state index contributed by atoms with van der Waals surface area (Å²) in [7, 11) is 0. The molecule has 21 heavy (non-hydrogen) atoms. The van der Waals surface area contributed by atoms with Crippen molar-refractivity contribution in [3.8, 4) is 0 Å². The zero-order chi connectivity index (χ0) is 14.1. The summed E-state index contributed by atoms with van der Waals surface area (Å²) in [6, 6.07) is 10.1. The molecule has 2 fully saturated rings. The number of morpholine rings is 1. The van der Waals surface area contributed by atoms with Crippen molar-refractivity contribution < 1.29 is 4.74 Å². The summed E-state index contributed by atoms with van der Waals surface area (Å²) < 4.78 is 5.64. The van der Waals surface area contributed by atoms with E-state index in [1.165, 1.54) is 37.3 Å². The molecule has 3 heterocycles. The van der Waals surface area contributed by atoms with Gasteiger partial charge in [0.05, 0.1) is 13.2 Å². The van der Waals surface area contributed by atoms with Crippen molar-refractivity contribution in [2.75, 3.05) is 45.9 Å². The van der Waals surface area contributed by atoms with Gasteiger partial charge in [-0.05, 0) is 17.5 Å². The number of nitrogens with zero attached hydrogens (tertiary/aromatic N) is 2. The van der Waals surface area contributed by atoms with Crippen molar-refractivity contribution in [1.82, 2.24) is 15.1 Å². The van der Waals surface area contributed by atoms with Crippen LogP contribution in [0.2, 0.25) is 0 Å². The van der Waals surface area contributed by atoms with Crippen LogP contribution in [0, 0.1) is 0 Å². The van der Waals surface area contributed by atoms with Crippen LogP contribution < -0.4 is 5.32 Å². The molecule has 1 N–H and O–H groups in total. The lowest BCUT2D eigenvalue weighted by Gasteiger charge is -2.44. The highest BCUT2D eigenvalue weighted by atomic mass is 16.5. The van der Waals surface area contributed by atoms with Crippen LogP contribution in [0.3, 0.4) is 0 Å². The van der Waals surface area contributed by atoms with Crippen molar-refractivity contribution in [1.29, 1.82) is 0 Å². The average Bonchev–Trinajstić information content (AvgIpc) is 2.55. The first-order valence-corrected chi connectivity index (χ1v) is 8.23. The van der Waals surface area contributed by atoms with Crippen LogP contribution in [-0.2, 0) is 17.7 Å². The predicted octanol–water partition coefficient (Wildman–Crippen LogP) is 0.717. The minimum Gasteiger partial charge on any atom is -0.378 e. The van der Waals surface area contributed by atoms with Gasteiger partial charge in [-0.3, -0.25) is 9.80 Å². The number of nitrogens with one attached hydrogen (secondary N) is 1. The van der Waals surface area contributed by atoms with Crippen molar-refractivity contribution in [3.05, 3.63) is 35.4 Å². The van der Waals surface area contributed by atoms with Crippen LogP contribution in [0.15, 0.2) is 24.3 Å². The SMILES string of the molecule is c1ccc2c(c1)CN[C@H](CN1CCN3CCOC[C@@H]3C1)C2. The molecule has 4 heteroatoms. The molecule has 114 valence electrons. The Hall–Kier alpha value is -0.940. The van der Waals surface area contributed by atoms with E-state index in [0.29, 0.717) is 12.1 Å². The highest BCUT2D eigenvalue weighted by Gasteiger charge is 2.30. The molecule has 0 aliphatic carbocycles. The number of ether oxygens (including phenoxy) is 1. The van der Waals surface area contributed by atoms with Crippen LogP contribution in [0.4, 0.5) is 0 Å². The molecule has 2 atom stereocenters. The topological polar surface area (TPSA) is 27.7 Å². The van der Waals surface area contributed by atoms with E-state index in [1.54, 1.807) is 0 Å². The van der Waals surface area contributed by atoms with Gasteiger partial charge in [0, 0.05) is 51.4 Å². The lowest BCUT2D eigenvalue weighted by molar-refractivity contribution is -0.0460. The Morgan fingerprint density at radius 1 is 1.14 bits per heavy atom. The Kier molecular flexibility index (Phi) is 3.95. The maximum Gasteiger partial charge on any atom is 0.0634 e. The summed E-state index contributed by atoms with van der Waals surface area (Å²) in [6.45, 7) is 8.71. The van der Waals surface area contributed by atoms with Gasteiger partial charge in [-0.25, -0.2) is 0 Å². The van der Waals surface area contributed by atoms with Gasteiger partial charge >= 0.3 is 0 Å². The molecule has 1 aromatic carbocycles. The molecule has 0 amide bonds. The van der Waals surface area contributed by atoms with E-state index in [9.17, 15) is 0 Å². The lowest BCUT2D eigenvalue weighted by atomic mass is 9.95. The third kappa shape index (κ3) is 2.99. The second-order valence-corrected chi connectivity index (χ2v) is 6.57. The lowest BCUT2D eigenvalue weighted by Crippen LogP contribution is -2.59. The molecule has 0 saturated carbocycles. The summed E-state index contributed by atoms with van der Waals surface area (Å²) in [6.07, 6.45) is 1.16. The van der Waals surface area contributed by atoms with E-state index >= 15 is 0 Å². The Bertz CT molecular complexity index is 493. The van der Waals surface area contributed by atoms with Crippen LogP contribution >= 0.6 is 0 Å². The molecule has 0 unspecified atom stereocenters. The quantitative estimate of drug-likeness (QED) is 0.867. The van der Waals surface area contributed by atoms with Gasteiger partial charge in [0.15, 0.2) is 0 Å². The minimum absolute atomic E-state index is 0.593. The molecular formula is C17H25N3O. The van der Waals surface area contributed by atoms with Gasteiger partial charge in [-0.1, -0.05) is 24.3 Å². The van der Waals surface area contributed by atoms with E-state index in [-0.39, 0.29) is 0 Å². The molecular weight excluding hydrogens is 262 g/mol. The van der Waals surface area contributed by atoms with Crippen molar-refractivity contribution >= 4 is 0 Å². The van der Waals surface area contributed by atoms with E-state index < -0.39 is 0 Å². The largest absolute Gasteiger partial charge is 0.378 e. The molecule has 1 aromatic rings. The van der Waals surface area contributed by atoms with Gasteiger partial charge in [0.2, 0.25) is 0 Å². The van der Waals surface area contributed by atoms with Gasteiger partial charge in [-0.2, -0.15) is 0 Å². The van der Waals surface area contributed by atoms with Gasteiger partial charge < -0.3 is 10.1 Å². The molecule has 2 saturated heterocycles. The minimum atomic E-state index is 0.593. The Labute approximate surface area is 127 Å². The summed E-state index contributed by atoms with van der Waals surface area (Å²) in [4.78, 5) is 5.23. The molecule has 4 rings (SSSR count). The maximum absolute atomic E-state index is 5.64. The molecule has 0 radical (unpaired) electrons. The first kappa shape index (κ1) is 13.7. The average molecular weight is 287 g/mol. The number of hydrogen-bond acceptors (Lipinski definition) is 4. The molecule has 0 spiro atoms. The van der Waals surface area contributed by atoms with Crippen molar-refractivity contribution in [2.24, 2.45) is 0 Å². The van der Waals surface area contributed by atoms with Gasteiger partial charge in [0.1, 0.15) is 0 Å². The zero-order valence-corrected chi connectivity index (χ0v) is 12.6. The second kappa shape index (κ2) is 6.05. The standard InChI is InChI=1S/C17H25N3O/c1-2-4-15-10-18-16(9-14(15)3-1)11-19-5-6-20-7-8-21-13-17(20)12-19/h1-4,16-18H,5-13H2/t16-,17-/m0/s1. The summed E-state index contributed by atoms with van der Waals surface area (Å²) >= 11 is 0. The van der Waals surface area contributed by atoms with Crippen molar-refractivity contribution in [3.63, 3.8) is 0 Å². The Morgan fingerprint density at radius 3 is 3.00 bits per heavy atom. The third-order valence-electron chi connectivity index (χ3n) is 5.17. The third-order valence-corrected chi connectivity index (χ3v) is 5.17. The van der Waals surface area contributed by atoms with Crippen LogP contribution in [0.1, 0.15) is 11.1 Å². The van der Waals surface area contributed by atoms with Crippen molar-refractivity contribution in [2.45, 2.75) is 25.0 Å². The van der Waals surface area contributed by atoms with Crippen LogP contribution in [0.5, 0.6) is 0 Å². The molecule has 3 aliphatic heterocycles. The highest BCUT2D eigenvalue weighted by molar-refractivity contribution is 5.30. The smallest absolute Gasteiger partial charge is 0.0634 e. The first-order chi connectivity index (χ1) is 10.4. The molecule has 0 bridgehead atoms. The summed E-state index contributed by atoms with van der Waals surface area (Å²) in [5, 5.41) is 3.71. The number of hydrogen-bond donors (Lipinski definition) is 1. The fourth-order valence-corrected chi connectivity index (χ4v) is 3.94. The summed E-state index contributed by atoms with van der Waals surface area (Å²) in [5.41, 5.74) is 3.00. The molecule has 0 aromatic heterocycles. The molecule has 4 nitrogen and oxygen atoms in total. The Balaban J connectivity index is 1.35. The van der Waals surface area contributed by atoms with Crippen LogP contribution in [-0.4, -0.2) is 67.8 Å². The number of rotatable bonds is 2. The van der Waals surface area contributed by atoms with Crippen LogP contribution in [0.25, 0.3) is 0 Å². The maximum atomic E-state index is 5.64. The predicted molar refractivity (Wildman–Crippen MR) is 83.4 cm³/mol. The fourth-order valence-electron chi connectivity index (χ4n) is 3.94. The molecule has 3 aliphatic rings. The van der Waals surface area contributed by atoms with E-state index in [4.69, 9.17) is 4.74 Å². The van der Waals surface area contributed by atoms with Gasteiger partial charge in [-0.15, -0.1) is 0 Å². The van der Waals surface area contributed by atoms with E-state index in [1.807, 2.05) is 0 Å². The second-order valence-electron chi connectivity index (χ2n) is 6.57. The van der Waals surface area contributed by atoms with E-state index in [0.717, 1.165) is 32.7 Å². The number of benzene rings is 1. The number of piperazine rings is 1. The highest BCUT2D eigenvalue weighted by Crippen LogP contribution is 2.19. The number of fused-ring (bicyclic) bond motifs is 2. The van der Waals surface area contributed by atoms with Gasteiger partial charge in [0.25, 0.3) is 0 Å². The Morgan fingerprint density at radius 2 is 2.05 bits per heavy atom. The zero-order valence-electron chi connectivity index (χ0n) is 12.6. The van der Waals surface area contributed by atoms with E-state index in [2.05, 4.69) is 39.4 Å². The normalized spacial score (nSPS) is 30.7. The summed E-state index contributed by atoms with van der Waals surface area (Å²) in [5.74, 6) is 0. The monoisotopic (exact) mass is 287 g/mol. The first-order valence-electron chi connectivity index (χ1n) is 8.23. The fraction of sp³-hybridized carbons (Fsp3) is 0.647.